The van der Waals surface area contributed by atoms with Crippen LogP contribution in [0, 0.1) is 5.92 Å². The SMILES string of the molecule is CN(C)CCC1CO[C@H](CO)[C@H]1O. The second-order valence-electron chi connectivity index (χ2n) is 3.90. The van der Waals surface area contributed by atoms with Crippen molar-refractivity contribution >= 4 is 0 Å². The van der Waals surface area contributed by atoms with Crippen LogP contribution in [0.5, 0.6) is 0 Å². The Morgan fingerprint density at radius 2 is 2.15 bits per heavy atom. The molecule has 0 radical (unpaired) electrons. The first-order valence-electron chi connectivity index (χ1n) is 4.70. The van der Waals surface area contributed by atoms with Crippen LogP contribution in [-0.2, 0) is 4.74 Å². The Bertz CT molecular complexity index is 152. The van der Waals surface area contributed by atoms with E-state index in [0.717, 1.165) is 13.0 Å². The summed E-state index contributed by atoms with van der Waals surface area (Å²) in [7, 11) is 4.01. The van der Waals surface area contributed by atoms with E-state index in [1.807, 2.05) is 14.1 Å². The van der Waals surface area contributed by atoms with Gasteiger partial charge in [0.15, 0.2) is 0 Å². The van der Waals surface area contributed by atoms with Crippen molar-refractivity contribution in [2.45, 2.75) is 18.6 Å². The summed E-state index contributed by atoms with van der Waals surface area (Å²) in [6, 6.07) is 0. The minimum absolute atomic E-state index is 0.0837. The average Bonchev–Trinajstić information content (AvgIpc) is 2.43. The van der Waals surface area contributed by atoms with E-state index in [4.69, 9.17) is 9.84 Å². The third kappa shape index (κ3) is 2.91. The lowest BCUT2D eigenvalue weighted by Gasteiger charge is -2.17. The molecule has 0 aromatic rings. The van der Waals surface area contributed by atoms with Crippen LogP contribution in [0.15, 0.2) is 0 Å². The highest BCUT2D eigenvalue weighted by molar-refractivity contribution is 4.83. The zero-order valence-corrected chi connectivity index (χ0v) is 8.31. The van der Waals surface area contributed by atoms with E-state index < -0.39 is 6.10 Å². The van der Waals surface area contributed by atoms with E-state index in [1.54, 1.807) is 0 Å². The largest absolute Gasteiger partial charge is 0.394 e. The number of ether oxygens (including phenoxy) is 1. The third-order valence-electron chi connectivity index (χ3n) is 2.52. The van der Waals surface area contributed by atoms with Crippen LogP contribution in [0.2, 0.25) is 0 Å². The van der Waals surface area contributed by atoms with Crippen LogP contribution in [-0.4, -0.2) is 61.2 Å². The standard InChI is InChI=1S/C9H19NO3/c1-10(2)4-3-7-6-13-8(5-11)9(7)12/h7-9,11-12H,3-6H2,1-2H3/t7?,8-,9+/m1/s1. The Hall–Kier alpha value is -0.160. The normalized spacial score (nSPS) is 34.4. The van der Waals surface area contributed by atoms with Crippen molar-refractivity contribution in [1.29, 1.82) is 0 Å². The average molecular weight is 189 g/mol. The molecule has 2 N–H and O–H groups in total. The second-order valence-corrected chi connectivity index (χ2v) is 3.90. The predicted octanol–water partition coefficient (Wildman–Crippen LogP) is -0.694. The van der Waals surface area contributed by atoms with Gasteiger partial charge in [-0.1, -0.05) is 0 Å². The summed E-state index contributed by atoms with van der Waals surface area (Å²) in [6.45, 7) is 1.43. The van der Waals surface area contributed by atoms with Crippen LogP contribution in [0.1, 0.15) is 6.42 Å². The summed E-state index contributed by atoms with van der Waals surface area (Å²) in [5.41, 5.74) is 0. The quantitative estimate of drug-likeness (QED) is 0.614. The predicted molar refractivity (Wildman–Crippen MR) is 49.5 cm³/mol. The summed E-state index contributed by atoms with van der Waals surface area (Å²) in [5.74, 6) is 0.180. The number of hydrogen-bond acceptors (Lipinski definition) is 4. The molecule has 1 fully saturated rings. The molecule has 4 heteroatoms. The van der Waals surface area contributed by atoms with Crippen LogP contribution in [0.3, 0.4) is 0 Å². The van der Waals surface area contributed by atoms with Gasteiger partial charge in [-0.25, -0.2) is 0 Å². The summed E-state index contributed by atoms with van der Waals surface area (Å²) in [4.78, 5) is 2.08. The second kappa shape index (κ2) is 4.91. The minimum Gasteiger partial charge on any atom is -0.394 e. The van der Waals surface area contributed by atoms with Gasteiger partial charge in [0, 0.05) is 5.92 Å². The van der Waals surface area contributed by atoms with Crippen LogP contribution in [0.4, 0.5) is 0 Å². The molecular formula is C9H19NO3. The smallest absolute Gasteiger partial charge is 0.107 e. The molecule has 0 saturated carbocycles. The Balaban J connectivity index is 2.28. The molecule has 0 aromatic carbocycles. The topological polar surface area (TPSA) is 52.9 Å². The molecule has 1 rings (SSSR count). The molecule has 1 saturated heterocycles. The first-order chi connectivity index (χ1) is 6.15. The van der Waals surface area contributed by atoms with Crippen molar-refractivity contribution in [1.82, 2.24) is 4.90 Å². The molecule has 1 aliphatic heterocycles. The molecule has 1 unspecified atom stereocenters. The van der Waals surface area contributed by atoms with Crippen molar-refractivity contribution in [2.24, 2.45) is 5.92 Å². The van der Waals surface area contributed by atoms with E-state index in [1.165, 1.54) is 0 Å². The first-order valence-corrected chi connectivity index (χ1v) is 4.70. The molecule has 1 heterocycles. The van der Waals surface area contributed by atoms with Gasteiger partial charge < -0.3 is 19.8 Å². The number of hydrogen-bond donors (Lipinski definition) is 2. The van der Waals surface area contributed by atoms with Crippen LogP contribution >= 0.6 is 0 Å². The molecule has 3 atom stereocenters. The third-order valence-corrected chi connectivity index (χ3v) is 2.52. The fourth-order valence-corrected chi connectivity index (χ4v) is 1.59. The lowest BCUT2D eigenvalue weighted by Crippen LogP contribution is -2.30. The van der Waals surface area contributed by atoms with Crippen molar-refractivity contribution in [3.63, 3.8) is 0 Å². The van der Waals surface area contributed by atoms with E-state index in [9.17, 15) is 5.11 Å². The van der Waals surface area contributed by atoms with E-state index in [-0.39, 0.29) is 18.6 Å². The first kappa shape index (κ1) is 10.9. The summed E-state index contributed by atoms with van der Waals surface area (Å²) in [6.07, 6.45) is 0.0575. The lowest BCUT2D eigenvalue weighted by molar-refractivity contribution is 0.00126. The highest BCUT2D eigenvalue weighted by Crippen LogP contribution is 2.22. The summed E-state index contributed by atoms with van der Waals surface area (Å²) >= 11 is 0. The molecule has 13 heavy (non-hydrogen) atoms. The number of aliphatic hydroxyl groups excluding tert-OH is 2. The molecular weight excluding hydrogens is 170 g/mol. The lowest BCUT2D eigenvalue weighted by atomic mass is 9.98. The van der Waals surface area contributed by atoms with Crippen molar-refractivity contribution in [2.75, 3.05) is 33.9 Å². The molecule has 78 valence electrons. The maximum absolute atomic E-state index is 9.66. The zero-order valence-electron chi connectivity index (χ0n) is 8.31. The van der Waals surface area contributed by atoms with Gasteiger partial charge in [-0.2, -0.15) is 0 Å². The Morgan fingerprint density at radius 3 is 2.62 bits per heavy atom. The number of nitrogens with zero attached hydrogens (tertiary/aromatic N) is 1. The van der Waals surface area contributed by atoms with Crippen molar-refractivity contribution in [3.05, 3.63) is 0 Å². The number of aliphatic hydroxyl groups is 2. The molecule has 0 aromatic heterocycles. The maximum atomic E-state index is 9.66. The monoisotopic (exact) mass is 189 g/mol. The fourth-order valence-electron chi connectivity index (χ4n) is 1.59. The van der Waals surface area contributed by atoms with Gasteiger partial charge in [-0.15, -0.1) is 0 Å². The van der Waals surface area contributed by atoms with E-state index in [0.29, 0.717) is 6.61 Å². The Labute approximate surface area is 79.1 Å². The van der Waals surface area contributed by atoms with Crippen LogP contribution < -0.4 is 0 Å². The van der Waals surface area contributed by atoms with Crippen molar-refractivity contribution < 1.29 is 14.9 Å². The van der Waals surface area contributed by atoms with Gasteiger partial charge in [-0.3, -0.25) is 0 Å². The number of rotatable bonds is 4. The highest BCUT2D eigenvalue weighted by Gasteiger charge is 2.34. The molecule has 1 aliphatic rings. The van der Waals surface area contributed by atoms with Gasteiger partial charge >= 0.3 is 0 Å². The highest BCUT2D eigenvalue weighted by atomic mass is 16.5. The Morgan fingerprint density at radius 1 is 1.46 bits per heavy atom. The molecule has 4 nitrogen and oxygen atoms in total. The molecule has 0 bridgehead atoms. The fraction of sp³-hybridized carbons (Fsp3) is 1.00. The van der Waals surface area contributed by atoms with Gasteiger partial charge in [-0.05, 0) is 27.1 Å². The van der Waals surface area contributed by atoms with Gasteiger partial charge in [0.1, 0.15) is 6.10 Å². The maximum Gasteiger partial charge on any atom is 0.107 e. The van der Waals surface area contributed by atoms with E-state index in [2.05, 4.69) is 4.90 Å². The summed E-state index contributed by atoms with van der Waals surface area (Å²) < 4.78 is 5.24. The molecule has 0 aliphatic carbocycles. The zero-order chi connectivity index (χ0) is 9.84. The van der Waals surface area contributed by atoms with Crippen molar-refractivity contribution in [3.8, 4) is 0 Å². The Kier molecular flexibility index (Phi) is 4.12. The van der Waals surface area contributed by atoms with E-state index >= 15 is 0 Å². The molecule has 0 amide bonds. The van der Waals surface area contributed by atoms with Gasteiger partial charge in [0.25, 0.3) is 0 Å². The molecule has 0 spiro atoms. The summed E-state index contributed by atoms with van der Waals surface area (Å²) in [5, 5.41) is 18.5. The van der Waals surface area contributed by atoms with Gasteiger partial charge in [0.05, 0.1) is 19.3 Å². The minimum atomic E-state index is -0.495. The van der Waals surface area contributed by atoms with Crippen LogP contribution in [0.25, 0.3) is 0 Å². The van der Waals surface area contributed by atoms with Gasteiger partial charge in [0.2, 0.25) is 0 Å².